The maximum absolute atomic E-state index is 8.95. The molecule has 1 heterocycles. The number of aliphatic hydroxyl groups excluding tert-OH is 1. The lowest BCUT2D eigenvalue weighted by Gasteiger charge is -2.32. The summed E-state index contributed by atoms with van der Waals surface area (Å²) in [5.41, 5.74) is 0. The number of piperazine rings is 1. The third-order valence-electron chi connectivity index (χ3n) is 5.10. The van der Waals surface area contributed by atoms with Crippen LogP contribution < -0.4 is 9.80 Å². The fraction of sp³-hybridized carbons (Fsp3) is 0.857. The first-order valence-electron chi connectivity index (χ1n) is 7.31. The van der Waals surface area contributed by atoms with Gasteiger partial charge in [0.15, 0.2) is 0 Å². The Morgan fingerprint density at radius 2 is 1.76 bits per heavy atom. The highest BCUT2D eigenvalue weighted by Crippen LogP contribution is 2.42. The van der Waals surface area contributed by atoms with Gasteiger partial charge in [-0.2, -0.15) is 0 Å². The van der Waals surface area contributed by atoms with Crippen molar-refractivity contribution in [2.75, 3.05) is 45.9 Å². The van der Waals surface area contributed by atoms with E-state index in [4.69, 9.17) is 5.11 Å². The molecule has 3 aliphatic rings. The number of rotatable bonds is 4. The molecule has 0 radical (unpaired) electrons. The molecule has 0 amide bonds. The normalized spacial score (nSPS) is 44.4. The van der Waals surface area contributed by atoms with E-state index in [9.17, 15) is 0 Å². The van der Waals surface area contributed by atoms with Crippen LogP contribution in [0, 0.1) is 17.8 Å². The van der Waals surface area contributed by atoms with Crippen LogP contribution >= 0.6 is 0 Å². The monoisotopic (exact) mass is 238 g/mol. The van der Waals surface area contributed by atoms with E-state index >= 15 is 0 Å². The molecule has 3 atom stereocenters. The SMILES string of the molecule is OCC[NH+]1CC[NH+](C[C@@H]2C[C@H]3C=C[C@@H]2C3)CC1. The second-order valence-electron chi connectivity index (χ2n) is 6.22. The molecule has 3 rings (SSSR count). The number of fused-ring (bicyclic) bond motifs is 2. The zero-order valence-electron chi connectivity index (χ0n) is 10.7. The molecule has 2 bridgehead atoms. The summed E-state index contributed by atoms with van der Waals surface area (Å²) in [5.74, 6) is 2.81. The van der Waals surface area contributed by atoms with Gasteiger partial charge in [0.2, 0.25) is 0 Å². The molecule has 17 heavy (non-hydrogen) atoms. The minimum absolute atomic E-state index is 0.349. The maximum Gasteiger partial charge on any atom is 0.127 e. The summed E-state index contributed by atoms with van der Waals surface area (Å²) in [4.78, 5) is 3.42. The maximum atomic E-state index is 8.95. The number of aliphatic hydroxyl groups is 1. The van der Waals surface area contributed by atoms with Crippen molar-refractivity contribution < 1.29 is 14.9 Å². The van der Waals surface area contributed by atoms with Gasteiger partial charge in [-0.15, -0.1) is 0 Å². The van der Waals surface area contributed by atoms with E-state index in [1.165, 1.54) is 45.6 Å². The Bertz CT molecular complexity index is 284. The molecule has 96 valence electrons. The summed E-state index contributed by atoms with van der Waals surface area (Å²) in [7, 11) is 0. The van der Waals surface area contributed by atoms with Crippen molar-refractivity contribution in [3.63, 3.8) is 0 Å². The number of quaternary nitrogens is 2. The first-order chi connectivity index (χ1) is 8.35. The van der Waals surface area contributed by atoms with Crippen LogP contribution in [0.2, 0.25) is 0 Å². The Balaban J connectivity index is 1.44. The third-order valence-corrected chi connectivity index (χ3v) is 5.10. The van der Waals surface area contributed by atoms with Gasteiger partial charge in [-0.1, -0.05) is 12.2 Å². The van der Waals surface area contributed by atoms with Gasteiger partial charge in [0, 0.05) is 5.92 Å². The smallest absolute Gasteiger partial charge is 0.127 e. The van der Waals surface area contributed by atoms with Crippen molar-refractivity contribution in [1.82, 2.24) is 0 Å². The summed E-state index contributed by atoms with van der Waals surface area (Å²) in [5, 5.41) is 8.95. The van der Waals surface area contributed by atoms with Crippen LogP contribution in [0.1, 0.15) is 12.8 Å². The van der Waals surface area contributed by atoms with Gasteiger partial charge >= 0.3 is 0 Å². The molecule has 1 saturated heterocycles. The topological polar surface area (TPSA) is 29.1 Å². The summed E-state index contributed by atoms with van der Waals surface area (Å²) in [6.07, 6.45) is 7.82. The van der Waals surface area contributed by atoms with Crippen molar-refractivity contribution in [2.45, 2.75) is 12.8 Å². The van der Waals surface area contributed by atoms with E-state index < -0.39 is 0 Å². The molecule has 2 fully saturated rings. The molecular formula is C14H26N2O+2. The molecule has 0 aromatic rings. The van der Waals surface area contributed by atoms with E-state index in [0.29, 0.717) is 6.61 Å². The predicted molar refractivity (Wildman–Crippen MR) is 67.1 cm³/mol. The van der Waals surface area contributed by atoms with Crippen molar-refractivity contribution >= 4 is 0 Å². The van der Waals surface area contributed by atoms with Gasteiger partial charge < -0.3 is 14.9 Å². The molecule has 0 aromatic carbocycles. The van der Waals surface area contributed by atoms with E-state index in [1.807, 2.05) is 4.90 Å². The van der Waals surface area contributed by atoms with Crippen molar-refractivity contribution in [2.24, 2.45) is 17.8 Å². The Kier molecular flexibility index (Phi) is 3.50. The summed E-state index contributed by atoms with van der Waals surface area (Å²) in [6, 6.07) is 0. The quantitative estimate of drug-likeness (QED) is 0.485. The number of hydrogen-bond donors (Lipinski definition) is 3. The van der Waals surface area contributed by atoms with Crippen LogP contribution in [0.4, 0.5) is 0 Å². The zero-order chi connectivity index (χ0) is 11.7. The minimum atomic E-state index is 0.349. The van der Waals surface area contributed by atoms with Crippen LogP contribution in [0.5, 0.6) is 0 Å². The fourth-order valence-corrected chi connectivity index (χ4v) is 4.07. The first kappa shape index (κ1) is 11.7. The second kappa shape index (κ2) is 5.09. The number of allylic oxidation sites excluding steroid dienone is 2. The summed E-state index contributed by atoms with van der Waals surface area (Å²) < 4.78 is 0. The minimum Gasteiger partial charge on any atom is -0.391 e. The lowest BCUT2D eigenvalue weighted by atomic mass is 9.93. The van der Waals surface area contributed by atoms with Gasteiger partial charge in [0.25, 0.3) is 0 Å². The van der Waals surface area contributed by atoms with E-state index in [0.717, 1.165) is 24.3 Å². The molecule has 3 heteroatoms. The summed E-state index contributed by atoms with van der Waals surface area (Å²) in [6.45, 7) is 7.84. The standard InChI is InChI=1S/C14H24N2O/c17-8-7-15-3-5-16(6-4-15)11-14-10-12-1-2-13(14)9-12/h1-2,12-14,17H,3-11H2/p+2/t12-,13+,14-/m0/s1. The fourth-order valence-electron chi connectivity index (χ4n) is 4.07. The van der Waals surface area contributed by atoms with Gasteiger partial charge in [0.05, 0.1) is 13.2 Å². The van der Waals surface area contributed by atoms with Crippen LogP contribution in [-0.2, 0) is 0 Å². The highest BCUT2D eigenvalue weighted by molar-refractivity contribution is 5.09. The lowest BCUT2D eigenvalue weighted by Crippen LogP contribution is -3.28. The molecule has 3 nitrogen and oxygen atoms in total. The van der Waals surface area contributed by atoms with Gasteiger partial charge in [-0.3, -0.25) is 0 Å². The Morgan fingerprint density at radius 3 is 2.35 bits per heavy atom. The van der Waals surface area contributed by atoms with Crippen LogP contribution in [0.3, 0.4) is 0 Å². The Labute approximate surface area is 104 Å². The molecular weight excluding hydrogens is 212 g/mol. The van der Waals surface area contributed by atoms with Gasteiger partial charge in [0.1, 0.15) is 32.7 Å². The molecule has 2 aliphatic carbocycles. The van der Waals surface area contributed by atoms with Gasteiger partial charge in [-0.05, 0) is 24.7 Å². The van der Waals surface area contributed by atoms with Crippen molar-refractivity contribution in [3.05, 3.63) is 12.2 Å². The number of nitrogens with one attached hydrogen (secondary N) is 2. The molecule has 0 spiro atoms. The molecule has 3 N–H and O–H groups in total. The van der Waals surface area contributed by atoms with E-state index in [-0.39, 0.29) is 0 Å². The largest absolute Gasteiger partial charge is 0.391 e. The molecule has 0 unspecified atom stereocenters. The van der Waals surface area contributed by atoms with Crippen molar-refractivity contribution in [3.8, 4) is 0 Å². The highest BCUT2D eigenvalue weighted by Gasteiger charge is 2.38. The number of hydrogen-bond acceptors (Lipinski definition) is 1. The Hall–Kier alpha value is -0.380. The zero-order valence-corrected chi connectivity index (χ0v) is 10.7. The van der Waals surface area contributed by atoms with E-state index in [2.05, 4.69) is 12.2 Å². The average Bonchev–Trinajstić information content (AvgIpc) is 2.94. The average molecular weight is 238 g/mol. The predicted octanol–water partition coefficient (Wildman–Crippen LogP) is -2.03. The van der Waals surface area contributed by atoms with Crippen molar-refractivity contribution in [1.29, 1.82) is 0 Å². The highest BCUT2D eigenvalue weighted by atomic mass is 16.3. The molecule has 1 saturated carbocycles. The molecule has 1 aliphatic heterocycles. The van der Waals surface area contributed by atoms with Crippen LogP contribution in [-0.4, -0.2) is 51.0 Å². The summed E-state index contributed by atoms with van der Waals surface area (Å²) >= 11 is 0. The third kappa shape index (κ3) is 2.56. The Morgan fingerprint density at radius 1 is 1.00 bits per heavy atom. The van der Waals surface area contributed by atoms with Crippen LogP contribution in [0.15, 0.2) is 12.2 Å². The van der Waals surface area contributed by atoms with Crippen LogP contribution in [0.25, 0.3) is 0 Å². The second-order valence-corrected chi connectivity index (χ2v) is 6.22. The first-order valence-corrected chi connectivity index (χ1v) is 7.31. The molecule has 0 aromatic heterocycles. The van der Waals surface area contributed by atoms with E-state index in [1.54, 1.807) is 4.90 Å². The lowest BCUT2D eigenvalue weighted by molar-refractivity contribution is -1.01. The van der Waals surface area contributed by atoms with Gasteiger partial charge in [-0.25, -0.2) is 0 Å².